The molecular weight excluding hydrogens is 284 g/mol. The van der Waals surface area contributed by atoms with Crippen LogP contribution >= 0.6 is 15.9 Å². The molecule has 1 aromatic heterocycles. The standard InChI is InChI=1S/C11H15BrN4O/c12-8-5-14-6-9(13)11(8)15-7-10(17)16-3-1-2-4-16/h5-6H,1-4,7,13H2,(H,14,15). The Morgan fingerprint density at radius 1 is 1.47 bits per heavy atom. The lowest BCUT2D eigenvalue weighted by Crippen LogP contribution is -2.33. The van der Waals surface area contributed by atoms with Gasteiger partial charge in [0.05, 0.1) is 28.6 Å². The lowest BCUT2D eigenvalue weighted by Gasteiger charge is -2.17. The Hall–Kier alpha value is -1.30. The summed E-state index contributed by atoms with van der Waals surface area (Å²) in [5.74, 6) is 0.116. The number of hydrogen-bond acceptors (Lipinski definition) is 4. The van der Waals surface area contributed by atoms with Crippen LogP contribution in [0, 0.1) is 0 Å². The van der Waals surface area contributed by atoms with Gasteiger partial charge in [-0.3, -0.25) is 9.78 Å². The van der Waals surface area contributed by atoms with Gasteiger partial charge in [0.25, 0.3) is 0 Å². The van der Waals surface area contributed by atoms with Gasteiger partial charge in [0.2, 0.25) is 5.91 Å². The van der Waals surface area contributed by atoms with Crippen LogP contribution in [0.3, 0.4) is 0 Å². The second-order valence-electron chi connectivity index (χ2n) is 4.03. The van der Waals surface area contributed by atoms with Crippen LogP contribution in [-0.2, 0) is 4.79 Å². The van der Waals surface area contributed by atoms with E-state index in [1.807, 2.05) is 4.90 Å². The SMILES string of the molecule is Nc1cncc(Br)c1NCC(=O)N1CCCC1. The predicted octanol–water partition coefficient (Wildman–Crippen LogP) is 1.46. The van der Waals surface area contributed by atoms with Gasteiger partial charge in [0.15, 0.2) is 0 Å². The molecule has 5 nitrogen and oxygen atoms in total. The van der Waals surface area contributed by atoms with Crippen LogP contribution < -0.4 is 11.1 Å². The van der Waals surface area contributed by atoms with Crippen molar-refractivity contribution in [3.05, 3.63) is 16.9 Å². The summed E-state index contributed by atoms with van der Waals surface area (Å²) in [5.41, 5.74) is 7.05. The highest BCUT2D eigenvalue weighted by Crippen LogP contribution is 2.26. The quantitative estimate of drug-likeness (QED) is 0.886. The van der Waals surface area contributed by atoms with E-state index in [4.69, 9.17) is 5.73 Å². The molecule has 0 spiro atoms. The van der Waals surface area contributed by atoms with Crippen molar-refractivity contribution in [2.24, 2.45) is 0 Å². The van der Waals surface area contributed by atoms with Crippen LogP contribution in [0.15, 0.2) is 16.9 Å². The molecule has 2 rings (SSSR count). The number of nitrogen functional groups attached to an aromatic ring is 1. The van der Waals surface area contributed by atoms with Crippen LogP contribution in [0.1, 0.15) is 12.8 Å². The third-order valence-corrected chi connectivity index (χ3v) is 3.41. The number of carbonyl (C=O) groups is 1. The zero-order valence-corrected chi connectivity index (χ0v) is 11.0. The zero-order chi connectivity index (χ0) is 12.3. The number of aromatic nitrogens is 1. The summed E-state index contributed by atoms with van der Waals surface area (Å²) in [6.07, 6.45) is 5.42. The molecule has 92 valence electrons. The molecule has 0 atom stereocenters. The second-order valence-corrected chi connectivity index (χ2v) is 4.88. The molecule has 1 saturated heterocycles. The average molecular weight is 299 g/mol. The Morgan fingerprint density at radius 2 is 2.18 bits per heavy atom. The van der Waals surface area contributed by atoms with Crippen molar-refractivity contribution in [3.8, 4) is 0 Å². The van der Waals surface area contributed by atoms with Crippen LogP contribution in [0.2, 0.25) is 0 Å². The van der Waals surface area contributed by atoms with Gasteiger partial charge in [-0.1, -0.05) is 0 Å². The van der Waals surface area contributed by atoms with Gasteiger partial charge >= 0.3 is 0 Å². The van der Waals surface area contributed by atoms with Crippen molar-refractivity contribution < 1.29 is 4.79 Å². The summed E-state index contributed by atoms with van der Waals surface area (Å²) in [5, 5.41) is 3.05. The van der Waals surface area contributed by atoms with Crippen LogP contribution in [0.4, 0.5) is 11.4 Å². The van der Waals surface area contributed by atoms with E-state index in [9.17, 15) is 4.79 Å². The van der Waals surface area contributed by atoms with E-state index < -0.39 is 0 Å². The van der Waals surface area contributed by atoms with Gasteiger partial charge < -0.3 is 16.0 Å². The summed E-state index contributed by atoms with van der Waals surface area (Å²) in [6, 6.07) is 0. The smallest absolute Gasteiger partial charge is 0.241 e. The van der Waals surface area contributed by atoms with E-state index in [0.29, 0.717) is 5.69 Å². The molecule has 0 bridgehead atoms. The fourth-order valence-corrected chi connectivity index (χ4v) is 2.37. The Morgan fingerprint density at radius 3 is 2.82 bits per heavy atom. The van der Waals surface area contributed by atoms with Crippen molar-refractivity contribution in [1.82, 2.24) is 9.88 Å². The molecule has 1 amide bonds. The molecule has 0 saturated carbocycles. The van der Waals surface area contributed by atoms with Gasteiger partial charge in [0, 0.05) is 19.3 Å². The summed E-state index contributed by atoms with van der Waals surface area (Å²) < 4.78 is 0.770. The number of nitrogens with zero attached hydrogens (tertiary/aromatic N) is 2. The van der Waals surface area contributed by atoms with Crippen molar-refractivity contribution in [3.63, 3.8) is 0 Å². The molecule has 1 aliphatic rings. The number of nitrogens with two attached hydrogens (primary N) is 1. The zero-order valence-electron chi connectivity index (χ0n) is 9.45. The predicted molar refractivity (Wildman–Crippen MR) is 70.7 cm³/mol. The van der Waals surface area contributed by atoms with Crippen LogP contribution in [0.5, 0.6) is 0 Å². The number of amides is 1. The maximum atomic E-state index is 11.8. The van der Waals surface area contributed by atoms with Crippen LogP contribution in [0.25, 0.3) is 0 Å². The van der Waals surface area contributed by atoms with Gasteiger partial charge in [-0.2, -0.15) is 0 Å². The Kier molecular flexibility index (Phi) is 3.83. The molecule has 6 heteroatoms. The largest absolute Gasteiger partial charge is 0.396 e. The highest BCUT2D eigenvalue weighted by Gasteiger charge is 2.17. The number of likely N-dealkylation sites (tertiary alicyclic amines) is 1. The number of pyridine rings is 1. The number of carbonyl (C=O) groups excluding carboxylic acids is 1. The lowest BCUT2D eigenvalue weighted by atomic mass is 10.3. The van der Waals surface area contributed by atoms with E-state index in [2.05, 4.69) is 26.2 Å². The van der Waals surface area contributed by atoms with Gasteiger partial charge in [-0.15, -0.1) is 0 Å². The Labute approximate surface area is 109 Å². The fraction of sp³-hybridized carbons (Fsp3) is 0.455. The van der Waals surface area contributed by atoms with Crippen molar-refractivity contribution in [2.45, 2.75) is 12.8 Å². The third kappa shape index (κ3) is 2.88. The van der Waals surface area contributed by atoms with E-state index in [1.165, 1.54) is 0 Å². The highest BCUT2D eigenvalue weighted by molar-refractivity contribution is 9.10. The molecule has 1 aromatic rings. The summed E-state index contributed by atoms with van der Waals surface area (Å²) in [4.78, 5) is 17.6. The van der Waals surface area contributed by atoms with Crippen LogP contribution in [-0.4, -0.2) is 35.4 Å². The number of anilines is 2. The summed E-state index contributed by atoms with van der Waals surface area (Å²) in [6.45, 7) is 2.01. The van der Waals surface area contributed by atoms with Crippen molar-refractivity contribution >= 4 is 33.2 Å². The maximum absolute atomic E-state index is 11.8. The first-order valence-electron chi connectivity index (χ1n) is 5.59. The minimum Gasteiger partial charge on any atom is -0.396 e. The Bertz CT molecular complexity index is 398. The summed E-state index contributed by atoms with van der Waals surface area (Å²) in [7, 11) is 0. The minimum atomic E-state index is 0.116. The molecule has 0 radical (unpaired) electrons. The first-order chi connectivity index (χ1) is 8.18. The molecule has 0 aliphatic carbocycles. The number of nitrogens with one attached hydrogen (secondary N) is 1. The molecule has 3 N–H and O–H groups in total. The van der Waals surface area contributed by atoms with E-state index >= 15 is 0 Å². The number of rotatable bonds is 3. The Balaban J connectivity index is 1.95. The first kappa shape index (κ1) is 12.2. The van der Waals surface area contributed by atoms with E-state index in [1.54, 1.807) is 12.4 Å². The molecule has 1 aliphatic heterocycles. The monoisotopic (exact) mass is 298 g/mol. The molecule has 0 aromatic carbocycles. The minimum absolute atomic E-state index is 0.116. The molecular formula is C11H15BrN4O. The highest BCUT2D eigenvalue weighted by atomic mass is 79.9. The normalized spacial score (nSPS) is 15.0. The number of hydrogen-bond donors (Lipinski definition) is 2. The molecule has 0 unspecified atom stereocenters. The molecule has 1 fully saturated rings. The summed E-state index contributed by atoms with van der Waals surface area (Å²) >= 11 is 3.35. The van der Waals surface area contributed by atoms with Gasteiger partial charge in [-0.25, -0.2) is 0 Å². The fourth-order valence-electron chi connectivity index (χ4n) is 1.88. The number of halogens is 1. The van der Waals surface area contributed by atoms with Crippen molar-refractivity contribution in [1.29, 1.82) is 0 Å². The topological polar surface area (TPSA) is 71.2 Å². The maximum Gasteiger partial charge on any atom is 0.241 e. The molecule has 17 heavy (non-hydrogen) atoms. The lowest BCUT2D eigenvalue weighted by molar-refractivity contribution is -0.128. The van der Waals surface area contributed by atoms with Crippen molar-refractivity contribution in [2.75, 3.05) is 30.7 Å². The average Bonchev–Trinajstić information content (AvgIpc) is 2.81. The first-order valence-corrected chi connectivity index (χ1v) is 6.38. The van der Waals surface area contributed by atoms with E-state index in [-0.39, 0.29) is 12.5 Å². The third-order valence-electron chi connectivity index (χ3n) is 2.80. The second kappa shape index (κ2) is 5.35. The van der Waals surface area contributed by atoms with Gasteiger partial charge in [0.1, 0.15) is 0 Å². The van der Waals surface area contributed by atoms with E-state index in [0.717, 1.165) is 36.1 Å². The van der Waals surface area contributed by atoms with Gasteiger partial charge in [-0.05, 0) is 28.8 Å². The molecule has 2 heterocycles.